The van der Waals surface area contributed by atoms with E-state index in [9.17, 15) is 14.8 Å². The van der Waals surface area contributed by atoms with Crippen LogP contribution in [0.5, 0.6) is 0 Å². The highest BCUT2D eigenvalue weighted by Crippen LogP contribution is 2.47. The average molecular weight is 406 g/mol. The maximum Gasteiger partial charge on any atom is 0.334 e. The lowest BCUT2D eigenvalue weighted by Crippen LogP contribution is -2.37. The molecule has 3 rings (SSSR count). The minimum Gasteiger partial charge on any atom is -0.454 e. The first-order valence-electron chi connectivity index (χ1n) is 10.0. The fourth-order valence-electron chi connectivity index (χ4n) is 4.18. The average Bonchev–Trinajstić information content (AvgIpc) is 3.21. The molecule has 0 spiro atoms. The molecule has 0 unspecified atom stereocenters. The minimum absolute atomic E-state index is 0.0718. The van der Waals surface area contributed by atoms with Gasteiger partial charge in [0.15, 0.2) is 6.10 Å². The first-order valence-corrected chi connectivity index (χ1v) is 10.0. The van der Waals surface area contributed by atoms with Gasteiger partial charge in [0.05, 0.1) is 11.7 Å². The third-order valence-electron chi connectivity index (χ3n) is 6.20. The van der Waals surface area contributed by atoms with Gasteiger partial charge >= 0.3 is 11.9 Å². The Labute approximate surface area is 171 Å². The van der Waals surface area contributed by atoms with Crippen molar-refractivity contribution in [3.63, 3.8) is 0 Å². The molecule has 0 aromatic rings. The summed E-state index contributed by atoms with van der Waals surface area (Å²) in [5, 5.41) is 9.37. The second kappa shape index (κ2) is 8.05. The Bertz CT molecular complexity index is 754. The number of epoxide rings is 1. The largest absolute Gasteiger partial charge is 0.454 e. The second-order valence-corrected chi connectivity index (χ2v) is 8.68. The van der Waals surface area contributed by atoms with Gasteiger partial charge in [-0.2, -0.15) is 0 Å². The molecule has 0 radical (unpaired) electrons. The van der Waals surface area contributed by atoms with Crippen molar-refractivity contribution in [3.05, 3.63) is 36.0 Å². The molecule has 2 heterocycles. The van der Waals surface area contributed by atoms with Gasteiger partial charge in [-0.1, -0.05) is 24.8 Å². The van der Waals surface area contributed by atoms with Gasteiger partial charge < -0.3 is 14.2 Å². The predicted molar refractivity (Wildman–Crippen MR) is 105 cm³/mol. The van der Waals surface area contributed by atoms with Crippen LogP contribution in [0.2, 0.25) is 0 Å². The van der Waals surface area contributed by atoms with E-state index in [0.717, 1.165) is 5.57 Å². The van der Waals surface area contributed by atoms with Crippen LogP contribution < -0.4 is 0 Å². The molecule has 6 atom stereocenters. The number of hydrogen-bond donors (Lipinski definition) is 1. The Morgan fingerprint density at radius 1 is 1.38 bits per heavy atom. The Kier molecular flexibility index (Phi) is 6.03. The standard InChI is InChI=1S/C22H30O7/c1-13-8-6-9-21(4,29-25)10-7-11-22(5)17(28-22)12-16-14(2)20(24)27-19(16)18(13)26-15(3)23/h7-8,10,16-19,25H,2,6,9,11-12H2,1,3-5H3/b10-7+,13-8+/t16-,17+,18+,19-,21+,22+/m1/s1. The van der Waals surface area contributed by atoms with Crippen molar-refractivity contribution in [2.75, 3.05) is 0 Å². The molecule has 1 aliphatic carbocycles. The van der Waals surface area contributed by atoms with Gasteiger partial charge in [0.2, 0.25) is 0 Å². The lowest BCUT2D eigenvalue weighted by Gasteiger charge is -2.28. The summed E-state index contributed by atoms with van der Waals surface area (Å²) >= 11 is 0. The van der Waals surface area contributed by atoms with Crippen LogP contribution in [0.15, 0.2) is 36.0 Å². The van der Waals surface area contributed by atoms with Crippen molar-refractivity contribution in [1.29, 1.82) is 0 Å². The van der Waals surface area contributed by atoms with E-state index in [-0.39, 0.29) is 17.6 Å². The van der Waals surface area contributed by atoms with E-state index < -0.39 is 29.7 Å². The molecule has 0 aromatic carbocycles. The van der Waals surface area contributed by atoms with Gasteiger partial charge in [-0.15, -0.1) is 0 Å². The van der Waals surface area contributed by atoms with E-state index in [4.69, 9.17) is 19.1 Å². The maximum absolute atomic E-state index is 12.3. The number of allylic oxidation sites excluding steroid dienone is 1. The van der Waals surface area contributed by atoms with Crippen LogP contribution in [-0.2, 0) is 28.7 Å². The summed E-state index contributed by atoms with van der Waals surface area (Å²) in [5.41, 5.74) is -0.0370. The zero-order valence-corrected chi connectivity index (χ0v) is 17.5. The lowest BCUT2D eigenvalue weighted by atomic mass is 9.84. The lowest BCUT2D eigenvalue weighted by molar-refractivity contribution is -0.303. The molecule has 2 saturated heterocycles. The minimum atomic E-state index is -0.838. The van der Waals surface area contributed by atoms with Crippen LogP contribution in [0.3, 0.4) is 0 Å². The highest BCUT2D eigenvalue weighted by atomic mass is 17.1. The number of fused-ring (bicyclic) bond motifs is 2. The monoisotopic (exact) mass is 406 g/mol. The van der Waals surface area contributed by atoms with Crippen LogP contribution in [0.1, 0.15) is 53.4 Å². The third kappa shape index (κ3) is 4.63. The van der Waals surface area contributed by atoms with Crippen molar-refractivity contribution in [1.82, 2.24) is 0 Å². The van der Waals surface area contributed by atoms with Crippen LogP contribution in [0.25, 0.3) is 0 Å². The number of carbonyl (C=O) groups excluding carboxylic acids is 2. The fraction of sp³-hybridized carbons (Fsp3) is 0.636. The summed E-state index contributed by atoms with van der Waals surface area (Å²) in [7, 11) is 0. The van der Waals surface area contributed by atoms with Crippen molar-refractivity contribution < 1.29 is 33.9 Å². The SMILES string of the molecule is C=C1C(=O)O[C@@H]2[C@@H]1C[C@@H]1O[C@@]1(C)C/C=C/[C@@](C)(OO)CC/C=C(\C)[C@@H]2OC(C)=O. The van der Waals surface area contributed by atoms with Crippen molar-refractivity contribution in [3.8, 4) is 0 Å². The highest BCUT2D eigenvalue weighted by molar-refractivity contribution is 5.91. The molecule has 160 valence electrons. The molecule has 7 heteroatoms. The number of rotatable bonds is 2. The topological polar surface area (TPSA) is 94.6 Å². The first kappa shape index (κ1) is 21.7. The summed E-state index contributed by atoms with van der Waals surface area (Å²) in [6.45, 7) is 10.9. The summed E-state index contributed by atoms with van der Waals surface area (Å²) in [4.78, 5) is 28.7. The summed E-state index contributed by atoms with van der Waals surface area (Å²) < 4.78 is 17.1. The molecule has 1 N–H and O–H groups in total. The van der Waals surface area contributed by atoms with Crippen LogP contribution in [-0.4, -0.2) is 46.7 Å². The van der Waals surface area contributed by atoms with E-state index in [1.807, 2.05) is 32.1 Å². The van der Waals surface area contributed by atoms with Gasteiger partial charge in [-0.25, -0.2) is 9.68 Å². The molecule has 7 nitrogen and oxygen atoms in total. The van der Waals surface area contributed by atoms with E-state index in [2.05, 4.69) is 6.58 Å². The van der Waals surface area contributed by atoms with Gasteiger partial charge in [0, 0.05) is 18.4 Å². The van der Waals surface area contributed by atoms with Gasteiger partial charge in [0.1, 0.15) is 11.7 Å². The molecule has 0 amide bonds. The zero-order chi connectivity index (χ0) is 21.4. The molecule has 2 fully saturated rings. The number of hydrogen-bond acceptors (Lipinski definition) is 7. The first-order chi connectivity index (χ1) is 13.6. The summed E-state index contributed by atoms with van der Waals surface area (Å²) in [6.07, 6.45) is 6.62. The molecule has 3 aliphatic rings. The quantitative estimate of drug-likeness (QED) is 0.187. The predicted octanol–water partition coefficient (Wildman–Crippen LogP) is 3.50. The van der Waals surface area contributed by atoms with E-state index >= 15 is 0 Å². The van der Waals surface area contributed by atoms with Crippen molar-refractivity contribution >= 4 is 11.9 Å². The Balaban J connectivity index is 1.95. The fourth-order valence-corrected chi connectivity index (χ4v) is 4.18. The molecular formula is C22H30O7. The number of esters is 2. The Hall–Kier alpha value is -1.96. The van der Waals surface area contributed by atoms with Gasteiger partial charge in [0.25, 0.3) is 0 Å². The van der Waals surface area contributed by atoms with Crippen LogP contribution >= 0.6 is 0 Å². The summed E-state index contributed by atoms with van der Waals surface area (Å²) in [5.74, 6) is -1.20. The molecule has 2 aliphatic heterocycles. The highest BCUT2D eigenvalue weighted by Gasteiger charge is 2.56. The Morgan fingerprint density at radius 3 is 2.76 bits per heavy atom. The van der Waals surface area contributed by atoms with Gasteiger partial charge in [-0.3, -0.25) is 10.1 Å². The van der Waals surface area contributed by atoms with E-state index in [0.29, 0.717) is 31.3 Å². The van der Waals surface area contributed by atoms with Crippen LogP contribution in [0, 0.1) is 5.92 Å². The summed E-state index contributed by atoms with van der Waals surface area (Å²) in [6, 6.07) is 0. The zero-order valence-electron chi connectivity index (χ0n) is 17.5. The normalized spacial score (nSPS) is 43.1. The van der Waals surface area contributed by atoms with Crippen LogP contribution in [0.4, 0.5) is 0 Å². The number of carbonyl (C=O) groups is 2. The van der Waals surface area contributed by atoms with Gasteiger partial charge in [-0.05, 0) is 52.0 Å². The maximum atomic E-state index is 12.3. The molecule has 0 aromatic heterocycles. The molecule has 0 saturated carbocycles. The molecule has 29 heavy (non-hydrogen) atoms. The van der Waals surface area contributed by atoms with Crippen molar-refractivity contribution in [2.45, 2.75) is 82.9 Å². The van der Waals surface area contributed by atoms with Crippen molar-refractivity contribution in [2.24, 2.45) is 5.92 Å². The Morgan fingerprint density at radius 2 is 2.10 bits per heavy atom. The smallest absolute Gasteiger partial charge is 0.334 e. The second-order valence-electron chi connectivity index (χ2n) is 8.68. The van der Waals surface area contributed by atoms with E-state index in [1.54, 1.807) is 6.92 Å². The number of ether oxygens (including phenoxy) is 3. The van der Waals surface area contributed by atoms with E-state index in [1.165, 1.54) is 6.92 Å². The molecular weight excluding hydrogens is 376 g/mol. The molecule has 0 bridgehead atoms. The third-order valence-corrected chi connectivity index (χ3v) is 6.20.